The van der Waals surface area contributed by atoms with E-state index < -0.39 is 25.0 Å². The molecule has 7 nitrogen and oxygen atoms in total. The Balaban J connectivity index is 1.53. The van der Waals surface area contributed by atoms with E-state index in [2.05, 4.69) is 15.2 Å². The number of carbonyl (C=O) groups is 1. The van der Waals surface area contributed by atoms with Crippen molar-refractivity contribution in [3.8, 4) is 11.6 Å². The van der Waals surface area contributed by atoms with Crippen LogP contribution in [-0.4, -0.2) is 54.3 Å². The number of ether oxygens (including phenoxy) is 2. The number of benzene rings is 1. The van der Waals surface area contributed by atoms with Gasteiger partial charge in [0.05, 0.1) is 12.6 Å². The average molecular weight is 435 g/mol. The Hall–Kier alpha value is -2.94. The Morgan fingerprint density at radius 1 is 1.29 bits per heavy atom. The van der Waals surface area contributed by atoms with Crippen LogP contribution < -0.4 is 19.7 Å². The van der Waals surface area contributed by atoms with Crippen LogP contribution in [0.3, 0.4) is 0 Å². The van der Waals surface area contributed by atoms with Gasteiger partial charge in [-0.2, -0.15) is 0 Å². The van der Waals surface area contributed by atoms with E-state index >= 15 is 0 Å². The number of aliphatic hydroxyl groups excluding tert-OH is 1. The summed E-state index contributed by atoms with van der Waals surface area (Å²) in [5.41, 5.74) is 1.76. The van der Waals surface area contributed by atoms with E-state index in [0.29, 0.717) is 6.54 Å². The number of halogens is 2. The maximum absolute atomic E-state index is 12.3. The van der Waals surface area contributed by atoms with Gasteiger partial charge in [-0.3, -0.25) is 4.79 Å². The number of rotatable bonds is 9. The zero-order valence-corrected chi connectivity index (χ0v) is 17.5. The fourth-order valence-corrected chi connectivity index (χ4v) is 3.33. The van der Waals surface area contributed by atoms with Crippen molar-refractivity contribution in [2.45, 2.75) is 44.9 Å². The lowest BCUT2D eigenvalue weighted by Gasteiger charge is -2.20. The van der Waals surface area contributed by atoms with Crippen LogP contribution in [0.25, 0.3) is 0 Å². The second-order valence-corrected chi connectivity index (χ2v) is 7.50. The summed E-state index contributed by atoms with van der Waals surface area (Å²) in [7, 11) is 0. The van der Waals surface area contributed by atoms with Crippen LogP contribution in [0.15, 0.2) is 42.6 Å². The SMILES string of the molecule is C[C@H](NC(=O)[C@@H](C)O)c1ccc(OC2CCN(c3ccnc(OCC(F)F)c3)C2)cc1. The highest BCUT2D eigenvalue weighted by atomic mass is 19.3. The van der Waals surface area contributed by atoms with Crippen molar-refractivity contribution in [1.82, 2.24) is 10.3 Å². The Bertz CT molecular complexity index is 864. The van der Waals surface area contributed by atoms with Crippen molar-refractivity contribution in [2.75, 3.05) is 24.6 Å². The van der Waals surface area contributed by atoms with Crippen LogP contribution in [-0.2, 0) is 4.79 Å². The number of hydrogen-bond donors (Lipinski definition) is 2. The fourth-order valence-electron chi connectivity index (χ4n) is 3.33. The third kappa shape index (κ3) is 6.52. The quantitative estimate of drug-likeness (QED) is 0.630. The molecule has 0 saturated carbocycles. The van der Waals surface area contributed by atoms with Gasteiger partial charge in [0.15, 0.2) is 6.61 Å². The zero-order chi connectivity index (χ0) is 22.4. The van der Waals surface area contributed by atoms with Crippen molar-refractivity contribution >= 4 is 11.6 Å². The van der Waals surface area contributed by atoms with Gasteiger partial charge in [0.25, 0.3) is 6.43 Å². The first-order valence-corrected chi connectivity index (χ1v) is 10.2. The summed E-state index contributed by atoms with van der Waals surface area (Å²) < 4.78 is 35.7. The summed E-state index contributed by atoms with van der Waals surface area (Å²) in [5, 5.41) is 12.0. The van der Waals surface area contributed by atoms with Gasteiger partial charge in [-0.1, -0.05) is 12.1 Å². The molecule has 2 aromatic rings. The van der Waals surface area contributed by atoms with E-state index in [0.717, 1.165) is 30.0 Å². The van der Waals surface area contributed by atoms with E-state index in [1.165, 1.54) is 6.92 Å². The first kappa shape index (κ1) is 22.7. The number of amides is 1. The maximum atomic E-state index is 12.3. The van der Waals surface area contributed by atoms with Gasteiger partial charge in [-0.15, -0.1) is 0 Å². The first-order valence-electron chi connectivity index (χ1n) is 10.2. The highest BCUT2D eigenvalue weighted by Gasteiger charge is 2.25. The first-order chi connectivity index (χ1) is 14.8. The lowest BCUT2D eigenvalue weighted by Crippen LogP contribution is -2.34. The molecule has 1 amide bonds. The lowest BCUT2D eigenvalue weighted by molar-refractivity contribution is -0.129. The van der Waals surface area contributed by atoms with Gasteiger partial charge in [0, 0.05) is 30.9 Å². The molecule has 0 spiro atoms. The van der Waals surface area contributed by atoms with Gasteiger partial charge in [0.1, 0.15) is 18.0 Å². The predicted octanol–water partition coefficient (Wildman–Crippen LogP) is 2.94. The summed E-state index contributed by atoms with van der Waals surface area (Å²) in [6, 6.07) is 10.7. The zero-order valence-electron chi connectivity index (χ0n) is 17.5. The maximum Gasteiger partial charge on any atom is 0.272 e. The Kier molecular flexibility index (Phi) is 7.62. The molecule has 1 aromatic carbocycles. The number of hydrogen-bond acceptors (Lipinski definition) is 6. The highest BCUT2D eigenvalue weighted by Crippen LogP contribution is 2.26. The third-order valence-corrected chi connectivity index (χ3v) is 5.01. The number of nitrogens with zero attached hydrogens (tertiary/aromatic N) is 2. The molecule has 31 heavy (non-hydrogen) atoms. The van der Waals surface area contributed by atoms with Gasteiger partial charge >= 0.3 is 0 Å². The molecule has 1 aliphatic heterocycles. The van der Waals surface area contributed by atoms with Gasteiger partial charge in [0.2, 0.25) is 11.8 Å². The second-order valence-electron chi connectivity index (χ2n) is 7.50. The predicted molar refractivity (Wildman–Crippen MR) is 112 cm³/mol. The topological polar surface area (TPSA) is 83.9 Å². The van der Waals surface area contributed by atoms with Crippen molar-refractivity contribution in [3.05, 3.63) is 48.2 Å². The van der Waals surface area contributed by atoms with Gasteiger partial charge < -0.3 is 24.8 Å². The molecule has 0 aliphatic carbocycles. The number of carbonyl (C=O) groups excluding carboxylic acids is 1. The number of alkyl halides is 2. The van der Waals surface area contributed by atoms with Crippen LogP contribution in [0.1, 0.15) is 31.9 Å². The molecule has 1 fully saturated rings. The van der Waals surface area contributed by atoms with Crippen molar-refractivity contribution in [3.63, 3.8) is 0 Å². The molecule has 0 bridgehead atoms. The molecule has 3 rings (SSSR count). The minimum Gasteiger partial charge on any atom is -0.489 e. The van der Waals surface area contributed by atoms with Crippen LogP contribution in [0.4, 0.5) is 14.5 Å². The van der Waals surface area contributed by atoms with Gasteiger partial charge in [-0.25, -0.2) is 13.8 Å². The van der Waals surface area contributed by atoms with Crippen LogP contribution in [0.5, 0.6) is 11.6 Å². The lowest BCUT2D eigenvalue weighted by atomic mass is 10.1. The van der Waals surface area contributed by atoms with Crippen LogP contribution in [0, 0.1) is 0 Å². The van der Waals surface area contributed by atoms with E-state index in [1.807, 2.05) is 37.3 Å². The molecule has 168 valence electrons. The third-order valence-electron chi connectivity index (χ3n) is 5.01. The van der Waals surface area contributed by atoms with Gasteiger partial charge in [-0.05, 0) is 37.6 Å². The Morgan fingerprint density at radius 3 is 2.71 bits per heavy atom. The summed E-state index contributed by atoms with van der Waals surface area (Å²) >= 11 is 0. The molecule has 1 saturated heterocycles. The normalized spacial score (nSPS) is 18.0. The molecule has 0 radical (unpaired) electrons. The summed E-state index contributed by atoms with van der Waals surface area (Å²) in [4.78, 5) is 17.7. The van der Waals surface area contributed by atoms with Crippen LogP contribution >= 0.6 is 0 Å². The summed E-state index contributed by atoms with van der Waals surface area (Å²) in [6.07, 6.45) is -1.25. The number of anilines is 1. The Labute approximate surface area is 180 Å². The molecule has 9 heteroatoms. The minimum atomic E-state index is -2.54. The van der Waals surface area contributed by atoms with E-state index in [-0.39, 0.29) is 18.0 Å². The minimum absolute atomic E-state index is 0.0168. The summed E-state index contributed by atoms with van der Waals surface area (Å²) in [6.45, 7) is 4.01. The van der Waals surface area contributed by atoms with E-state index in [4.69, 9.17) is 9.47 Å². The molecule has 3 atom stereocenters. The second kappa shape index (κ2) is 10.4. The largest absolute Gasteiger partial charge is 0.489 e. The average Bonchev–Trinajstić information content (AvgIpc) is 3.21. The molecule has 1 unspecified atom stereocenters. The number of nitrogens with one attached hydrogen (secondary N) is 1. The number of aliphatic hydroxyl groups is 1. The van der Waals surface area contributed by atoms with Crippen molar-refractivity contribution in [1.29, 1.82) is 0 Å². The van der Waals surface area contributed by atoms with E-state index in [1.54, 1.807) is 12.3 Å². The molecule has 2 heterocycles. The smallest absolute Gasteiger partial charge is 0.272 e. The summed E-state index contributed by atoms with van der Waals surface area (Å²) in [5.74, 6) is 0.479. The molecule has 1 aliphatic rings. The molecule has 2 N–H and O–H groups in total. The number of pyridine rings is 1. The Morgan fingerprint density at radius 2 is 2.03 bits per heavy atom. The standard InChI is InChI=1S/C22H27F2N3O4/c1-14(26-22(29)15(2)28)16-3-5-18(6-4-16)31-19-8-10-27(12-19)17-7-9-25-21(11-17)30-13-20(23)24/h3-7,9,11,14-15,19-20,28H,8,10,12-13H2,1-2H3,(H,26,29)/t14-,15+,19?/m0/s1. The van der Waals surface area contributed by atoms with Crippen LogP contribution in [0.2, 0.25) is 0 Å². The molecule has 1 aromatic heterocycles. The molecular formula is C22H27F2N3O4. The fraction of sp³-hybridized carbons (Fsp3) is 0.455. The number of aromatic nitrogens is 1. The monoisotopic (exact) mass is 435 g/mol. The van der Waals surface area contributed by atoms with Crippen molar-refractivity contribution < 1.29 is 28.2 Å². The van der Waals surface area contributed by atoms with E-state index in [9.17, 15) is 18.7 Å². The highest BCUT2D eigenvalue weighted by molar-refractivity contribution is 5.80. The molecular weight excluding hydrogens is 408 g/mol. The van der Waals surface area contributed by atoms with Crippen molar-refractivity contribution in [2.24, 2.45) is 0 Å².